The molecule has 7 nitrogen and oxygen atoms in total. The zero-order valence-electron chi connectivity index (χ0n) is 17.3. The molecule has 2 aromatic carbocycles. The highest BCUT2D eigenvalue weighted by atomic mass is 35.5. The van der Waals surface area contributed by atoms with Crippen LogP contribution in [0.3, 0.4) is 0 Å². The Morgan fingerprint density at radius 2 is 1.81 bits per heavy atom. The summed E-state index contributed by atoms with van der Waals surface area (Å²) in [7, 11) is -3.74. The maximum absolute atomic E-state index is 13.0. The molecule has 0 bridgehead atoms. The van der Waals surface area contributed by atoms with E-state index in [0.717, 1.165) is 0 Å². The molecule has 0 aliphatic rings. The van der Waals surface area contributed by atoms with Crippen LogP contribution in [-0.4, -0.2) is 41.5 Å². The number of nitrogens with zero attached hydrogens (tertiary/aromatic N) is 3. The van der Waals surface area contributed by atoms with Gasteiger partial charge in [-0.25, -0.2) is 13.1 Å². The van der Waals surface area contributed by atoms with Gasteiger partial charge in [0.2, 0.25) is 10.0 Å². The first-order valence-corrected chi connectivity index (χ1v) is 11.8. The molecule has 1 aromatic heterocycles. The molecule has 0 fully saturated rings. The molecule has 0 atom stereocenters. The van der Waals surface area contributed by atoms with E-state index in [9.17, 15) is 13.2 Å². The van der Waals surface area contributed by atoms with Crippen LogP contribution in [-0.2, 0) is 10.0 Å². The van der Waals surface area contributed by atoms with E-state index in [1.807, 2.05) is 0 Å². The highest BCUT2D eigenvalue weighted by molar-refractivity contribution is 7.89. The van der Waals surface area contributed by atoms with Crippen molar-refractivity contribution in [1.82, 2.24) is 14.1 Å². The number of aryl methyl sites for hydroxylation is 1. The van der Waals surface area contributed by atoms with Gasteiger partial charge in [-0.3, -0.25) is 4.79 Å². The lowest BCUT2D eigenvalue weighted by molar-refractivity contribution is 0.102. The monoisotopic (exact) mass is 480 g/mol. The molecule has 0 saturated carbocycles. The van der Waals surface area contributed by atoms with Gasteiger partial charge >= 0.3 is 0 Å². The van der Waals surface area contributed by atoms with Gasteiger partial charge in [-0.15, -0.1) is 0 Å². The zero-order valence-corrected chi connectivity index (χ0v) is 19.6. The van der Waals surface area contributed by atoms with E-state index >= 15 is 0 Å². The number of amides is 1. The first kappa shape index (κ1) is 23.3. The third kappa shape index (κ3) is 4.93. The number of hydrogen-bond donors (Lipinski definition) is 1. The van der Waals surface area contributed by atoms with Crippen LogP contribution >= 0.6 is 23.2 Å². The van der Waals surface area contributed by atoms with Crippen molar-refractivity contribution in [1.29, 1.82) is 0 Å². The molecule has 0 spiro atoms. The third-order valence-corrected chi connectivity index (χ3v) is 7.26. The van der Waals surface area contributed by atoms with Crippen LogP contribution in [0, 0.1) is 6.92 Å². The third-order valence-electron chi connectivity index (χ3n) is 4.65. The van der Waals surface area contributed by atoms with E-state index in [0.29, 0.717) is 35.3 Å². The van der Waals surface area contributed by atoms with Crippen molar-refractivity contribution >= 4 is 45.0 Å². The summed E-state index contributed by atoms with van der Waals surface area (Å²) in [4.78, 5) is 13.0. The summed E-state index contributed by atoms with van der Waals surface area (Å²) in [6, 6.07) is 12.8. The summed E-state index contributed by atoms with van der Waals surface area (Å²) in [6.45, 7) is 5.94. The number of aromatic nitrogens is 2. The van der Waals surface area contributed by atoms with Crippen molar-refractivity contribution in [3.63, 3.8) is 0 Å². The van der Waals surface area contributed by atoms with Gasteiger partial charge in [0.1, 0.15) is 5.82 Å². The fourth-order valence-corrected chi connectivity index (χ4v) is 5.00. The fraction of sp³-hybridized carbons (Fsp3) is 0.238. The second-order valence-corrected chi connectivity index (χ2v) is 9.53. The number of carbonyl (C=O) groups is 1. The number of rotatable bonds is 7. The standard InChI is InChI=1S/C21H22Cl2N4O3S/c1-4-26(5-2)31(29,30)17-9-10-19(23)18(13-17)21(28)24-20-11-14(3)25-27(20)16-8-6-7-15(22)12-16/h6-13H,4-5H2,1-3H3,(H,24,28). The number of nitrogens with one attached hydrogen (secondary N) is 1. The molecule has 1 N–H and O–H groups in total. The average Bonchev–Trinajstić information content (AvgIpc) is 3.08. The van der Waals surface area contributed by atoms with Crippen molar-refractivity contribution in [3.8, 4) is 5.69 Å². The van der Waals surface area contributed by atoms with Gasteiger partial charge in [0.25, 0.3) is 5.91 Å². The summed E-state index contributed by atoms with van der Waals surface area (Å²) in [5, 5.41) is 7.84. The molecule has 0 radical (unpaired) electrons. The van der Waals surface area contributed by atoms with Gasteiger partial charge in [0.05, 0.1) is 26.9 Å². The molecule has 164 valence electrons. The first-order valence-electron chi connectivity index (χ1n) is 9.61. The second kappa shape index (κ2) is 9.40. The number of hydrogen-bond acceptors (Lipinski definition) is 4. The van der Waals surface area contributed by atoms with Crippen LogP contribution in [0.15, 0.2) is 53.4 Å². The number of anilines is 1. The molecule has 0 saturated heterocycles. The minimum absolute atomic E-state index is 0.00489. The number of carbonyl (C=O) groups excluding carboxylic acids is 1. The molecule has 1 heterocycles. The highest BCUT2D eigenvalue weighted by Gasteiger charge is 2.24. The molecule has 3 rings (SSSR count). The Morgan fingerprint density at radius 1 is 1.10 bits per heavy atom. The Balaban J connectivity index is 1.97. The summed E-state index contributed by atoms with van der Waals surface area (Å²) in [5.41, 5.74) is 1.39. The van der Waals surface area contributed by atoms with Crippen molar-refractivity contribution in [2.75, 3.05) is 18.4 Å². The predicted octanol–water partition coefficient (Wildman–Crippen LogP) is 4.77. The number of sulfonamides is 1. The second-order valence-electron chi connectivity index (χ2n) is 6.75. The summed E-state index contributed by atoms with van der Waals surface area (Å²) in [5.74, 6) is -0.150. The average molecular weight is 481 g/mol. The highest BCUT2D eigenvalue weighted by Crippen LogP contribution is 2.25. The molecule has 31 heavy (non-hydrogen) atoms. The molecular formula is C21H22Cl2N4O3S. The molecule has 10 heteroatoms. The Hall–Kier alpha value is -2.39. The molecule has 1 amide bonds. The molecule has 0 aliphatic carbocycles. The van der Waals surface area contributed by atoms with Gasteiger partial charge in [-0.05, 0) is 43.3 Å². The summed E-state index contributed by atoms with van der Waals surface area (Å²) >= 11 is 12.3. The number of benzene rings is 2. The summed E-state index contributed by atoms with van der Waals surface area (Å²) < 4.78 is 28.5. The largest absolute Gasteiger partial charge is 0.306 e. The lowest BCUT2D eigenvalue weighted by atomic mass is 10.2. The van der Waals surface area contributed by atoms with E-state index in [2.05, 4.69) is 10.4 Å². The van der Waals surface area contributed by atoms with Crippen LogP contribution < -0.4 is 5.32 Å². The fourth-order valence-electron chi connectivity index (χ4n) is 3.13. The Kier molecular flexibility index (Phi) is 7.06. The van der Waals surface area contributed by atoms with E-state index in [1.54, 1.807) is 55.8 Å². The zero-order chi connectivity index (χ0) is 22.8. The van der Waals surface area contributed by atoms with Crippen LogP contribution in [0.5, 0.6) is 0 Å². The molecule has 0 unspecified atom stereocenters. The van der Waals surface area contributed by atoms with Gasteiger partial charge < -0.3 is 5.32 Å². The molecule has 0 aliphatic heterocycles. The van der Waals surface area contributed by atoms with E-state index < -0.39 is 15.9 Å². The van der Waals surface area contributed by atoms with Gasteiger partial charge in [-0.2, -0.15) is 9.40 Å². The quantitative estimate of drug-likeness (QED) is 0.527. The van der Waals surface area contributed by atoms with E-state index in [4.69, 9.17) is 23.2 Å². The van der Waals surface area contributed by atoms with E-state index in [1.165, 1.54) is 22.5 Å². The minimum Gasteiger partial charge on any atom is -0.306 e. The lowest BCUT2D eigenvalue weighted by Gasteiger charge is -2.19. The van der Waals surface area contributed by atoms with Gasteiger partial charge in [0, 0.05) is 24.2 Å². The number of halogens is 2. The lowest BCUT2D eigenvalue weighted by Crippen LogP contribution is -2.30. The van der Waals surface area contributed by atoms with Crippen molar-refractivity contribution in [2.45, 2.75) is 25.7 Å². The van der Waals surface area contributed by atoms with Crippen molar-refractivity contribution in [2.24, 2.45) is 0 Å². The smallest absolute Gasteiger partial charge is 0.258 e. The predicted molar refractivity (Wildman–Crippen MR) is 123 cm³/mol. The van der Waals surface area contributed by atoms with Crippen molar-refractivity contribution in [3.05, 3.63) is 69.8 Å². The molecular weight excluding hydrogens is 459 g/mol. The van der Waals surface area contributed by atoms with Gasteiger partial charge in [0.15, 0.2) is 0 Å². The Morgan fingerprint density at radius 3 is 2.45 bits per heavy atom. The first-order chi connectivity index (χ1) is 14.7. The van der Waals surface area contributed by atoms with Crippen LogP contribution in [0.25, 0.3) is 5.69 Å². The normalized spacial score (nSPS) is 11.7. The maximum atomic E-state index is 13.0. The van der Waals surface area contributed by atoms with Crippen LogP contribution in [0.4, 0.5) is 5.82 Å². The van der Waals surface area contributed by atoms with Crippen LogP contribution in [0.2, 0.25) is 10.0 Å². The van der Waals surface area contributed by atoms with Crippen molar-refractivity contribution < 1.29 is 13.2 Å². The summed E-state index contributed by atoms with van der Waals surface area (Å²) in [6.07, 6.45) is 0. The van der Waals surface area contributed by atoms with Gasteiger partial charge in [-0.1, -0.05) is 43.1 Å². The topological polar surface area (TPSA) is 84.3 Å². The SMILES string of the molecule is CCN(CC)S(=O)(=O)c1ccc(Cl)c(C(=O)Nc2cc(C)nn2-c2cccc(Cl)c2)c1. The Labute approximate surface area is 191 Å². The minimum atomic E-state index is -3.74. The molecule has 3 aromatic rings. The Bertz CT molecular complexity index is 1220. The van der Waals surface area contributed by atoms with E-state index in [-0.39, 0.29) is 15.5 Å². The van der Waals surface area contributed by atoms with Crippen LogP contribution in [0.1, 0.15) is 29.9 Å². The maximum Gasteiger partial charge on any atom is 0.258 e.